The van der Waals surface area contributed by atoms with Crippen molar-refractivity contribution in [3.8, 4) is 0 Å². The first-order valence-electron chi connectivity index (χ1n) is 6.37. The summed E-state index contributed by atoms with van der Waals surface area (Å²) >= 11 is 3.38. The molecule has 5 heteroatoms. The van der Waals surface area contributed by atoms with E-state index in [9.17, 15) is 4.79 Å². The SMILES string of the molecule is CO[C@H](C(=O)N/N=C\c1cccc(Br)c1)c1ccccc1. The molecule has 1 amide bonds. The number of hydrogen-bond donors (Lipinski definition) is 1. The van der Waals surface area contributed by atoms with Crippen molar-refractivity contribution < 1.29 is 9.53 Å². The Morgan fingerprint density at radius 1 is 1.24 bits per heavy atom. The fraction of sp³-hybridized carbons (Fsp3) is 0.125. The maximum absolute atomic E-state index is 12.1. The molecule has 0 unspecified atom stereocenters. The molecule has 0 radical (unpaired) electrons. The van der Waals surface area contributed by atoms with Crippen molar-refractivity contribution in [3.05, 3.63) is 70.2 Å². The van der Waals surface area contributed by atoms with Gasteiger partial charge in [0.25, 0.3) is 5.91 Å². The van der Waals surface area contributed by atoms with Gasteiger partial charge >= 0.3 is 0 Å². The van der Waals surface area contributed by atoms with Gasteiger partial charge < -0.3 is 4.74 Å². The Bertz CT molecular complexity index is 629. The fourth-order valence-electron chi connectivity index (χ4n) is 1.84. The number of hydrogen-bond acceptors (Lipinski definition) is 3. The van der Waals surface area contributed by atoms with Crippen LogP contribution in [0.2, 0.25) is 0 Å². The lowest BCUT2D eigenvalue weighted by Gasteiger charge is -2.13. The molecule has 0 saturated carbocycles. The minimum absolute atomic E-state index is 0.310. The summed E-state index contributed by atoms with van der Waals surface area (Å²) in [7, 11) is 1.50. The molecule has 21 heavy (non-hydrogen) atoms. The van der Waals surface area contributed by atoms with Crippen LogP contribution in [0.25, 0.3) is 0 Å². The molecule has 0 fully saturated rings. The maximum atomic E-state index is 12.1. The first-order valence-corrected chi connectivity index (χ1v) is 7.16. The fourth-order valence-corrected chi connectivity index (χ4v) is 2.26. The van der Waals surface area contributed by atoms with Crippen LogP contribution in [0, 0.1) is 0 Å². The Kier molecular flexibility index (Phi) is 5.66. The largest absolute Gasteiger partial charge is 0.367 e. The van der Waals surface area contributed by atoms with E-state index in [1.807, 2.05) is 54.6 Å². The second kappa shape index (κ2) is 7.71. The molecule has 0 aliphatic rings. The number of rotatable bonds is 5. The molecule has 108 valence electrons. The van der Waals surface area contributed by atoms with E-state index in [0.717, 1.165) is 15.6 Å². The predicted molar refractivity (Wildman–Crippen MR) is 86.1 cm³/mol. The number of carbonyl (C=O) groups excluding carboxylic acids is 1. The average Bonchev–Trinajstić information content (AvgIpc) is 2.49. The highest BCUT2D eigenvalue weighted by molar-refractivity contribution is 9.10. The zero-order valence-corrected chi connectivity index (χ0v) is 13.1. The molecule has 0 saturated heterocycles. The van der Waals surface area contributed by atoms with Crippen LogP contribution in [-0.4, -0.2) is 19.2 Å². The molecule has 4 nitrogen and oxygen atoms in total. The van der Waals surface area contributed by atoms with Crippen molar-refractivity contribution in [1.29, 1.82) is 0 Å². The van der Waals surface area contributed by atoms with E-state index in [2.05, 4.69) is 26.5 Å². The van der Waals surface area contributed by atoms with Crippen molar-refractivity contribution in [1.82, 2.24) is 5.43 Å². The van der Waals surface area contributed by atoms with E-state index in [1.54, 1.807) is 6.21 Å². The van der Waals surface area contributed by atoms with Crippen LogP contribution in [0.5, 0.6) is 0 Å². The summed E-state index contributed by atoms with van der Waals surface area (Å²) in [5.41, 5.74) is 4.16. The molecular weight excluding hydrogens is 332 g/mol. The summed E-state index contributed by atoms with van der Waals surface area (Å²) in [5, 5.41) is 3.95. The zero-order chi connectivity index (χ0) is 15.1. The van der Waals surface area contributed by atoms with Gasteiger partial charge in [0, 0.05) is 11.6 Å². The normalized spacial score (nSPS) is 12.3. The summed E-state index contributed by atoms with van der Waals surface area (Å²) in [6.45, 7) is 0. The summed E-state index contributed by atoms with van der Waals surface area (Å²) < 4.78 is 6.18. The zero-order valence-electron chi connectivity index (χ0n) is 11.5. The van der Waals surface area contributed by atoms with Gasteiger partial charge in [-0.25, -0.2) is 5.43 Å². The standard InChI is InChI=1S/C16H15BrN2O2/c1-21-15(13-7-3-2-4-8-13)16(20)19-18-11-12-6-5-9-14(17)10-12/h2-11,15H,1H3,(H,19,20)/b18-11-/t15-/m0/s1. The lowest BCUT2D eigenvalue weighted by Crippen LogP contribution is -2.26. The van der Waals surface area contributed by atoms with E-state index < -0.39 is 6.10 Å². The highest BCUT2D eigenvalue weighted by Crippen LogP contribution is 2.16. The van der Waals surface area contributed by atoms with Crippen molar-refractivity contribution in [2.75, 3.05) is 7.11 Å². The first kappa shape index (κ1) is 15.4. The van der Waals surface area contributed by atoms with Gasteiger partial charge in [0.15, 0.2) is 6.10 Å². The summed E-state index contributed by atoms with van der Waals surface area (Å²) in [6, 6.07) is 16.9. The molecule has 0 aliphatic carbocycles. The third kappa shape index (κ3) is 4.51. The number of amides is 1. The summed E-state index contributed by atoms with van der Waals surface area (Å²) in [6.07, 6.45) is 0.909. The number of nitrogens with one attached hydrogen (secondary N) is 1. The van der Waals surface area contributed by atoms with Gasteiger partial charge in [0.1, 0.15) is 0 Å². The van der Waals surface area contributed by atoms with Gasteiger partial charge in [-0.1, -0.05) is 58.4 Å². The average molecular weight is 347 g/mol. The van der Waals surface area contributed by atoms with Crippen LogP contribution >= 0.6 is 15.9 Å². The smallest absolute Gasteiger partial charge is 0.273 e. The Labute approximate surface area is 132 Å². The number of ether oxygens (including phenoxy) is 1. The van der Waals surface area contributed by atoms with E-state index in [4.69, 9.17) is 4.74 Å². The molecule has 0 aliphatic heterocycles. The van der Waals surface area contributed by atoms with E-state index in [1.165, 1.54) is 7.11 Å². The molecule has 2 rings (SSSR count). The van der Waals surface area contributed by atoms with Crippen molar-refractivity contribution in [3.63, 3.8) is 0 Å². The van der Waals surface area contributed by atoms with E-state index >= 15 is 0 Å². The Morgan fingerprint density at radius 3 is 2.67 bits per heavy atom. The van der Waals surface area contributed by atoms with E-state index in [0.29, 0.717) is 0 Å². The molecule has 0 spiro atoms. The first-order chi connectivity index (χ1) is 10.2. The number of hydrazone groups is 1. The Hall–Kier alpha value is -1.98. The van der Waals surface area contributed by atoms with E-state index in [-0.39, 0.29) is 5.91 Å². The van der Waals surface area contributed by atoms with Crippen LogP contribution in [-0.2, 0) is 9.53 Å². The Morgan fingerprint density at radius 2 is 2.00 bits per heavy atom. The summed E-state index contributed by atoms with van der Waals surface area (Å²) in [4.78, 5) is 12.1. The van der Waals surface area contributed by atoms with Gasteiger partial charge in [-0.15, -0.1) is 0 Å². The van der Waals surface area contributed by atoms with Crippen LogP contribution in [0.4, 0.5) is 0 Å². The number of carbonyl (C=O) groups is 1. The maximum Gasteiger partial charge on any atom is 0.273 e. The van der Waals surface area contributed by atoms with Gasteiger partial charge in [-0.05, 0) is 23.3 Å². The molecule has 2 aromatic rings. The highest BCUT2D eigenvalue weighted by Gasteiger charge is 2.18. The molecule has 2 aromatic carbocycles. The number of methoxy groups -OCH3 is 1. The summed E-state index contributed by atoms with van der Waals surface area (Å²) in [5.74, 6) is -0.310. The molecule has 0 aromatic heterocycles. The molecule has 0 heterocycles. The predicted octanol–water partition coefficient (Wildman–Crippen LogP) is 3.29. The van der Waals surface area contributed by atoms with Gasteiger partial charge in [-0.3, -0.25) is 4.79 Å². The molecule has 1 N–H and O–H groups in total. The minimum Gasteiger partial charge on any atom is -0.367 e. The van der Waals surface area contributed by atoms with Crippen LogP contribution in [0.15, 0.2) is 64.2 Å². The topological polar surface area (TPSA) is 50.7 Å². The van der Waals surface area contributed by atoms with Gasteiger partial charge in [0.2, 0.25) is 0 Å². The lowest BCUT2D eigenvalue weighted by atomic mass is 10.1. The number of benzene rings is 2. The highest BCUT2D eigenvalue weighted by atomic mass is 79.9. The van der Waals surface area contributed by atoms with Crippen LogP contribution in [0.3, 0.4) is 0 Å². The Balaban J connectivity index is 2.00. The molecule has 1 atom stereocenters. The molecule has 0 bridgehead atoms. The van der Waals surface area contributed by atoms with Crippen molar-refractivity contribution in [2.24, 2.45) is 5.10 Å². The van der Waals surface area contributed by atoms with Crippen LogP contribution in [0.1, 0.15) is 17.2 Å². The van der Waals surface area contributed by atoms with Crippen molar-refractivity contribution >= 4 is 28.1 Å². The molecular formula is C16H15BrN2O2. The van der Waals surface area contributed by atoms with Crippen molar-refractivity contribution in [2.45, 2.75) is 6.10 Å². The third-order valence-corrected chi connectivity index (χ3v) is 3.31. The quantitative estimate of drug-likeness (QED) is 0.667. The van der Waals surface area contributed by atoms with Crippen LogP contribution < -0.4 is 5.43 Å². The van der Waals surface area contributed by atoms with Gasteiger partial charge in [0.05, 0.1) is 6.21 Å². The third-order valence-electron chi connectivity index (χ3n) is 2.81. The second-order valence-corrected chi connectivity index (χ2v) is 5.23. The second-order valence-electron chi connectivity index (χ2n) is 4.32. The number of halogens is 1. The monoisotopic (exact) mass is 346 g/mol. The lowest BCUT2D eigenvalue weighted by molar-refractivity contribution is -0.131. The minimum atomic E-state index is -0.675. The van der Waals surface area contributed by atoms with Gasteiger partial charge in [-0.2, -0.15) is 5.10 Å². The number of nitrogens with zero attached hydrogens (tertiary/aromatic N) is 1.